The molecule has 0 fully saturated rings. The van der Waals surface area contributed by atoms with E-state index in [1.54, 1.807) is 6.08 Å². The highest BCUT2D eigenvalue weighted by Crippen LogP contribution is 2.05. The fourth-order valence-corrected chi connectivity index (χ4v) is 0.755. The van der Waals surface area contributed by atoms with Gasteiger partial charge in [-0.1, -0.05) is 6.08 Å². The molecule has 2 N–H and O–H groups in total. The normalized spacial score (nSPS) is 10.0. The van der Waals surface area contributed by atoms with Crippen molar-refractivity contribution in [1.82, 2.24) is 9.97 Å². The summed E-state index contributed by atoms with van der Waals surface area (Å²) in [6.45, 7) is 1.87. The van der Waals surface area contributed by atoms with Crippen LogP contribution in [0.4, 0.5) is 5.82 Å². The van der Waals surface area contributed by atoms with E-state index in [2.05, 4.69) is 9.97 Å². The molecule has 0 saturated carbocycles. The Balaban J connectivity index is 3.12. The predicted octanol–water partition coefficient (Wildman–Crippen LogP) is 0.964. The highest BCUT2D eigenvalue weighted by atomic mass is 14.9. The Morgan fingerprint density at radius 3 is 2.92 bits per heavy atom. The van der Waals surface area contributed by atoms with Gasteiger partial charge in [-0.05, 0) is 13.0 Å². The zero-order chi connectivity index (χ0) is 8.97. The summed E-state index contributed by atoms with van der Waals surface area (Å²) >= 11 is 0. The van der Waals surface area contributed by atoms with Gasteiger partial charge in [0.25, 0.3) is 0 Å². The van der Waals surface area contributed by atoms with Crippen molar-refractivity contribution >= 4 is 11.9 Å². The summed E-state index contributed by atoms with van der Waals surface area (Å²) in [6, 6.07) is 1.84. The van der Waals surface area contributed by atoms with Crippen LogP contribution < -0.4 is 5.73 Å². The molecule has 0 aliphatic carbocycles. The number of nitriles is 1. The third kappa shape index (κ3) is 1.58. The third-order valence-corrected chi connectivity index (χ3v) is 1.26. The maximum Gasteiger partial charge on any atom is 0.182 e. The van der Waals surface area contributed by atoms with Crippen molar-refractivity contribution in [3.8, 4) is 6.07 Å². The molecule has 0 unspecified atom stereocenters. The van der Waals surface area contributed by atoms with Crippen LogP contribution in [0, 0.1) is 11.3 Å². The van der Waals surface area contributed by atoms with Crippen LogP contribution in [0.3, 0.4) is 0 Å². The van der Waals surface area contributed by atoms with Gasteiger partial charge in [-0.2, -0.15) is 5.26 Å². The molecule has 1 aromatic rings. The molecule has 1 heterocycles. The monoisotopic (exact) mass is 160 g/mol. The minimum Gasteiger partial charge on any atom is -0.381 e. The molecule has 0 radical (unpaired) electrons. The van der Waals surface area contributed by atoms with E-state index in [-0.39, 0.29) is 11.5 Å². The molecule has 0 aliphatic heterocycles. The molecule has 0 aliphatic rings. The van der Waals surface area contributed by atoms with Crippen LogP contribution in [0.1, 0.15) is 18.3 Å². The molecular formula is C8H8N4. The number of anilines is 1. The molecule has 1 aromatic heterocycles. The van der Waals surface area contributed by atoms with E-state index in [9.17, 15) is 0 Å². The molecule has 4 nitrogen and oxygen atoms in total. The summed E-state index contributed by atoms with van der Waals surface area (Å²) in [5.41, 5.74) is 6.26. The number of allylic oxidation sites excluding steroid dienone is 1. The lowest BCUT2D eigenvalue weighted by Gasteiger charge is -1.95. The van der Waals surface area contributed by atoms with Gasteiger partial charge in [0, 0.05) is 0 Å². The van der Waals surface area contributed by atoms with Crippen molar-refractivity contribution in [2.24, 2.45) is 0 Å². The maximum atomic E-state index is 8.49. The summed E-state index contributed by atoms with van der Waals surface area (Å²) in [5.74, 6) is 0.174. The summed E-state index contributed by atoms with van der Waals surface area (Å²) < 4.78 is 0. The number of nitrogen functional groups attached to an aromatic ring is 1. The standard InChI is InChI=1S/C8H8N4/c1-2-3-6-5-11-7(4-9)8(10)12-6/h2-3,5H,1H3,(H2,10,12)/b3-2+. The van der Waals surface area contributed by atoms with Gasteiger partial charge in [-0.25, -0.2) is 9.97 Å². The number of hydrogen-bond donors (Lipinski definition) is 1. The molecule has 4 heteroatoms. The molecular weight excluding hydrogens is 152 g/mol. The second-order valence-electron chi connectivity index (χ2n) is 2.14. The Kier molecular flexibility index (Phi) is 2.38. The van der Waals surface area contributed by atoms with Crippen molar-refractivity contribution in [2.45, 2.75) is 6.92 Å². The van der Waals surface area contributed by atoms with Crippen LogP contribution in [-0.2, 0) is 0 Å². The molecule has 0 aromatic carbocycles. The first-order chi connectivity index (χ1) is 5.77. The van der Waals surface area contributed by atoms with Gasteiger partial charge in [0.15, 0.2) is 11.5 Å². The highest BCUT2D eigenvalue weighted by molar-refractivity contribution is 5.50. The van der Waals surface area contributed by atoms with Gasteiger partial charge >= 0.3 is 0 Å². The van der Waals surface area contributed by atoms with E-state index < -0.39 is 0 Å². The highest BCUT2D eigenvalue weighted by Gasteiger charge is 1.99. The first kappa shape index (κ1) is 8.21. The Morgan fingerprint density at radius 1 is 1.67 bits per heavy atom. The molecule has 1 rings (SSSR count). The predicted molar refractivity (Wildman–Crippen MR) is 45.9 cm³/mol. The Morgan fingerprint density at radius 2 is 2.42 bits per heavy atom. The van der Waals surface area contributed by atoms with Crippen LogP contribution in [0.2, 0.25) is 0 Å². The first-order valence-electron chi connectivity index (χ1n) is 3.43. The third-order valence-electron chi connectivity index (χ3n) is 1.26. The number of nitrogens with two attached hydrogens (primary N) is 1. The zero-order valence-electron chi connectivity index (χ0n) is 6.65. The fourth-order valence-electron chi connectivity index (χ4n) is 0.755. The first-order valence-corrected chi connectivity index (χ1v) is 3.43. The topological polar surface area (TPSA) is 75.6 Å². The van der Waals surface area contributed by atoms with Gasteiger partial charge in [-0.15, -0.1) is 0 Å². The lowest BCUT2D eigenvalue weighted by Crippen LogP contribution is -1.98. The van der Waals surface area contributed by atoms with Gasteiger partial charge in [0.2, 0.25) is 0 Å². The number of aromatic nitrogens is 2. The maximum absolute atomic E-state index is 8.49. The molecule has 0 amide bonds. The lowest BCUT2D eigenvalue weighted by atomic mass is 10.3. The minimum atomic E-state index is 0.170. The average Bonchev–Trinajstić information content (AvgIpc) is 2.05. The molecule has 0 bridgehead atoms. The molecule has 0 spiro atoms. The Labute approximate surface area is 70.4 Å². The number of nitrogens with zero attached hydrogens (tertiary/aromatic N) is 3. The van der Waals surface area contributed by atoms with Crippen molar-refractivity contribution in [3.05, 3.63) is 23.7 Å². The van der Waals surface area contributed by atoms with E-state index in [1.165, 1.54) is 6.20 Å². The smallest absolute Gasteiger partial charge is 0.182 e. The van der Waals surface area contributed by atoms with Crippen LogP contribution >= 0.6 is 0 Å². The van der Waals surface area contributed by atoms with Crippen LogP contribution in [0.15, 0.2) is 12.3 Å². The summed E-state index contributed by atoms with van der Waals surface area (Å²) in [4.78, 5) is 7.76. The van der Waals surface area contributed by atoms with Crippen LogP contribution in [0.5, 0.6) is 0 Å². The van der Waals surface area contributed by atoms with Crippen molar-refractivity contribution in [3.63, 3.8) is 0 Å². The van der Waals surface area contributed by atoms with Crippen molar-refractivity contribution in [1.29, 1.82) is 5.26 Å². The average molecular weight is 160 g/mol. The van der Waals surface area contributed by atoms with E-state index in [1.807, 2.05) is 19.1 Å². The van der Waals surface area contributed by atoms with Gasteiger partial charge in [-0.3, -0.25) is 0 Å². The lowest BCUT2D eigenvalue weighted by molar-refractivity contribution is 1.16. The summed E-state index contributed by atoms with van der Waals surface area (Å²) in [6.07, 6.45) is 5.11. The van der Waals surface area contributed by atoms with Crippen LogP contribution in [-0.4, -0.2) is 9.97 Å². The van der Waals surface area contributed by atoms with E-state index in [0.717, 1.165) is 0 Å². The van der Waals surface area contributed by atoms with Crippen LogP contribution in [0.25, 0.3) is 6.08 Å². The summed E-state index contributed by atoms with van der Waals surface area (Å²) in [7, 11) is 0. The van der Waals surface area contributed by atoms with Crippen molar-refractivity contribution < 1.29 is 0 Å². The second-order valence-corrected chi connectivity index (χ2v) is 2.14. The second kappa shape index (κ2) is 3.49. The van der Waals surface area contributed by atoms with Gasteiger partial charge in [0.05, 0.1) is 11.9 Å². The minimum absolute atomic E-state index is 0.170. The van der Waals surface area contributed by atoms with Gasteiger partial charge < -0.3 is 5.73 Å². The number of hydrogen-bond acceptors (Lipinski definition) is 4. The molecule has 60 valence electrons. The van der Waals surface area contributed by atoms with E-state index >= 15 is 0 Å². The molecule has 12 heavy (non-hydrogen) atoms. The van der Waals surface area contributed by atoms with Crippen molar-refractivity contribution in [2.75, 3.05) is 5.73 Å². The van der Waals surface area contributed by atoms with E-state index in [4.69, 9.17) is 11.0 Å². The fraction of sp³-hybridized carbons (Fsp3) is 0.125. The SMILES string of the molecule is C/C=C/c1cnc(C#N)c(N)n1. The Bertz CT molecular complexity index is 349. The quantitative estimate of drug-likeness (QED) is 0.664. The zero-order valence-corrected chi connectivity index (χ0v) is 6.65. The molecule has 0 atom stereocenters. The summed E-state index contributed by atoms with van der Waals surface area (Å²) in [5, 5.41) is 8.49. The largest absolute Gasteiger partial charge is 0.381 e. The van der Waals surface area contributed by atoms with E-state index in [0.29, 0.717) is 5.69 Å². The van der Waals surface area contributed by atoms with Gasteiger partial charge in [0.1, 0.15) is 6.07 Å². The Hall–Kier alpha value is -1.89. The molecule has 0 saturated heterocycles. The number of rotatable bonds is 1.